The van der Waals surface area contributed by atoms with E-state index >= 15 is 0 Å². The van der Waals surface area contributed by atoms with Gasteiger partial charge in [-0.2, -0.15) is 0 Å². The van der Waals surface area contributed by atoms with Crippen molar-refractivity contribution in [3.05, 3.63) is 76.5 Å². The molecule has 2 aromatic heterocycles. The Bertz CT molecular complexity index is 1810. The molecule has 8 nitrogen and oxygen atoms in total. The van der Waals surface area contributed by atoms with Crippen LogP contribution in [0, 0.1) is 25.1 Å². The van der Waals surface area contributed by atoms with Crippen LogP contribution < -0.4 is 9.80 Å². The van der Waals surface area contributed by atoms with Gasteiger partial charge in [-0.1, -0.05) is 32.0 Å². The highest BCUT2D eigenvalue weighted by Gasteiger charge is 2.36. The fourth-order valence-corrected chi connectivity index (χ4v) is 6.78. The van der Waals surface area contributed by atoms with E-state index in [1.807, 2.05) is 34.6 Å². The minimum Gasteiger partial charge on any atom is -0.479 e. The Hall–Kier alpha value is -4.11. The lowest BCUT2D eigenvalue weighted by atomic mass is 9.81. The van der Waals surface area contributed by atoms with E-state index in [-0.39, 0.29) is 11.2 Å². The maximum absolute atomic E-state index is 13.7. The predicted molar refractivity (Wildman–Crippen MR) is 180 cm³/mol. The maximum atomic E-state index is 13.7. The zero-order chi connectivity index (χ0) is 33.0. The fourth-order valence-electron chi connectivity index (χ4n) is 6.78. The van der Waals surface area contributed by atoms with Crippen LogP contribution in [0.4, 0.5) is 16.0 Å². The number of anilines is 2. The molecule has 242 valence electrons. The molecule has 1 fully saturated rings. The summed E-state index contributed by atoms with van der Waals surface area (Å²) in [6.45, 7) is 17.2. The average molecular weight is 626 g/mol. The van der Waals surface area contributed by atoms with E-state index in [2.05, 4.69) is 46.8 Å². The van der Waals surface area contributed by atoms with Crippen molar-refractivity contribution in [3.63, 3.8) is 0 Å². The molecule has 2 aromatic carbocycles. The summed E-state index contributed by atoms with van der Waals surface area (Å²) < 4.78 is 19.9. The number of carboxylic acid groups (broad SMARTS) is 1. The third kappa shape index (κ3) is 6.43. The average Bonchev–Trinajstić information content (AvgIpc) is 2.98. The van der Waals surface area contributed by atoms with Crippen molar-refractivity contribution in [1.82, 2.24) is 15.0 Å². The predicted octanol–water partition coefficient (Wildman–Crippen LogP) is 7.58. The molecule has 1 atom stereocenters. The van der Waals surface area contributed by atoms with Crippen LogP contribution >= 0.6 is 0 Å². The number of pyridine rings is 1. The van der Waals surface area contributed by atoms with Crippen molar-refractivity contribution < 1.29 is 19.0 Å². The molecule has 4 aromatic rings. The zero-order valence-electron chi connectivity index (χ0n) is 27.9. The van der Waals surface area contributed by atoms with Crippen LogP contribution in [0.5, 0.6) is 0 Å². The smallest absolute Gasteiger partial charge is 0.337 e. The molecule has 1 unspecified atom stereocenters. The van der Waals surface area contributed by atoms with Crippen LogP contribution in [0.15, 0.2) is 42.6 Å². The SMILES string of the molecule is Cc1nc(C)c(C(OC(C)(C)C)C(=O)O)c(N2CCC(C)(C)CC2)c1-c1ccc2c(c1)CCN(c1ncc3cc(F)ccc3n1)C2. The summed E-state index contributed by atoms with van der Waals surface area (Å²) >= 11 is 0. The number of hydrogen-bond donors (Lipinski definition) is 1. The first-order valence-electron chi connectivity index (χ1n) is 16.2. The largest absolute Gasteiger partial charge is 0.479 e. The molecule has 6 rings (SSSR count). The standard InChI is InChI=1S/C37H44FN5O3/c1-22-30(32(42-16-13-37(6,7)14-17-42)31(23(2)40-22)33(34(44)45)46-36(3,4)5)25-8-9-26-21-43(15-12-24(26)18-25)35-39-20-27-19-28(38)10-11-29(27)41-35/h8-11,18-20,33H,12-17,21H2,1-7H3,(H,44,45). The minimum atomic E-state index is -1.15. The molecule has 1 N–H and O–H groups in total. The van der Waals surface area contributed by atoms with Gasteiger partial charge in [0.2, 0.25) is 5.95 Å². The second-order valence-electron chi connectivity index (χ2n) is 14.5. The van der Waals surface area contributed by atoms with E-state index in [1.165, 1.54) is 23.3 Å². The Kier molecular flexibility index (Phi) is 8.25. The molecule has 0 radical (unpaired) electrons. The summed E-state index contributed by atoms with van der Waals surface area (Å²) in [5, 5.41) is 11.2. The number of ether oxygens (including phenoxy) is 1. The third-order valence-electron chi connectivity index (χ3n) is 9.29. The van der Waals surface area contributed by atoms with Gasteiger partial charge in [0, 0.05) is 60.3 Å². The third-order valence-corrected chi connectivity index (χ3v) is 9.29. The van der Waals surface area contributed by atoms with Crippen molar-refractivity contribution in [2.45, 2.75) is 86.0 Å². The molecule has 2 aliphatic heterocycles. The molecule has 0 saturated carbocycles. The van der Waals surface area contributed by atoms with Crippen molar-refractivity contribution in [2.24, 2.45) is 5.41 Å². The van der Waals surface area contributed by atoms with E-state index in [9.17, 15) is 14.3 Å². The number of aliphatic carboxylic acids is 1. The molecule has 4 heterocycles. The summed E-state index contributed by atoms with van der Waals surface area (Å²) in [7, 11) is 0. The quantitative estimate of drug-likeness (QED) is 0.235. The molecule has 0 spiro atoms. The van der Waals surface area contributed by atoms with Gasteiger partial charge in [0.05, 0.1) is 16.8 Å². The lowest BCUT2D eigenvalue weighted by Gasteiger charge is -2.41. The number of piperidine rings is 1. The Balaban J connectivity index is 1.41. The molecular weight excluding hydrogens is 581 g/mol. The number of carboxylic acids is 1. The van der Waals surface area contributed by atoms with Crippen LogP contribution in [0.25, 0.3) is 22.0 Å². The molecule has 2 aliphatic rings. The van der Waals surface area contributed by atoms with Crippen LogP contribution in [0.2, 0.25) is 0 Å². The van der Waals surface area contributed by atoms with Gasteiger partial charge in [0.1, 0.15) is 5.82 Å². The van der Waals surface area contributed by atoms with Gasteiger partial charge in [0.15, 0.2) is 6.10 Å². The molecule has 46 heavy (non-hydrogen) atoms. The number of carbonyl (C=O) groups is 1. The summed E-state index contributed by atoms with van der Waals surface area (Å²) in [6.07, 6.45) is 3.35. The number of hydrogen-bond acceptors (Lipinski definition) is 7. The number of aryl methyl sites for hydroxylation is 2. The van der Waals surface area contributed by atoms with Gasteiger partial charge >= 0.3 is 5.97 Å². The van der Waals surface area contributed by atoms with E-state index < -0.39 is 17.7 Å². The molecule has 1 saturated heterocycles. The lowest BCUT2D eigenvalue weighted by molar-refractivity contribution is -0.160. The Morgan fingerprint density at radius 3 is 2.41 bits per heavy atom. The topological polar surface area (TPSA) is 91.7 Å². The monoisotopic (exact) mass is 625 g/mol. The van der Waals surface area contributed by atoms with Gasteiger partial charge in [0.25, 0.3) is 0 Å². The highest BCUT2D eigenvalue weighted by molar-refractivity contribution is 5.88. The normalized spacial score (nSPS) is 17.2. The first-order chi connectivity index (χ1) is 21.7. The van der Waals surface area contributed by atoms with Gasteiger partial charge < -0.3 is 19.6 Å². The number of fused-ring (bicyclic) bond motifs is 2. The maximum Gasteiger partial charge on any atom is 0.337 e. The number of nitrogens with zero attached hydrogens (tertiary/aromatic N) is 5. The van der Waals surface area contributed by atoms with E-state index in [0.29, 0.717) is 29.1 Å². The second kappa shape index (κ2) is 11.9. The molecule has 0 aliphatic carbocycles. The van der Waals surface area contributed by atoms with Crippen LogP contribution in [-0.2, 0) is 22.5 Å². The Labute approximate surface area is 270 Å². The van der Waals surface area contributed by atoms with Gasteiger partial charge in [-0.25, -0.2) is 19.2 Å². The Morgan fingerprint density at radius 2 is 1.72 bits per heavy atom. The van der Waals surface area contributed by atoms with E-state index in [0.717, 1.165) is 66.9 Å². The van der Waals surface area contributed by atoms with Crippen LogP contribution in [-0.4, -0.2) is 51.3 Å². The zero-order valence-corrected chi connectivity index (χ0v) is 27.9. The van der Waals surface area contributed by atoms with E-state index in [4.69, 9.17) is 14.7 Å². The number of halogens is 1. The molecule has 0 bridgehead atoms. The number of aromatic nitrogens is 3. The first-order valence-corrected chi connectivity index (χ1v) is 16.2. The molecular formula is C37H44FN5O3. The highest BCUT2D eigenvalue weighted by Crippen LogP contribution is 2.45. The van der Waals surface area contributed by atoms with Gasteiger partial charge in [-0.15, -0.1) is 0 Å². The van der Waals surface area contributed by atoms with Crippen LogP contribution in [0.3, 0.4) is 0 Å². The van der Waals surface area contributed by atoms with Gasteiger partial charge in [-0.05, 0) is 94.2 Å². The number of benzene rings is 2. The second-order valence-corrected chi connectivity index (χ2v) is 14.5. The van der Waals surface area contributed by atoms with Crippen molar-refractivity contribution in [1.29, 1.82) is 0 Å². The Morgan fingerprint density at radius 1 is 0.978 bits per heavy atom. The number of rotatable bonds is 6. The van der Waals surface area contributed by atoms with E-state index in [1.54, 1.807) is 12.3 Å². The van der Waals surface area contributed by atoms with Crippen molar-refractivity contribution in [3.8, 4) is 11.1 Å². The summed E-state index contributed by atoms with van der Waals surface area (Å²) in [6, 6.07) is 11.1. The first kappa shape index (κ1) is 31.9. The molecule has 0 amide bonds. The molecule has 9 heteroatoms. The summed E-state index contributed by atoms with van der Waals surface area (Å²) in [5.41, 5.74) is 7.84. The van der Waals surface area contributed by atoms with Crippen LogP contribution in [0.1, 0.15) is 81.6 Å². The fraction of sp³-hybridized carbons (Fsp3) is 0.459. The van der Waals surface area contributed by atoms with Gasteiger partial charge in [-0.3, -0.25) is 4.98 Å². The lowest BCUT2D eigenvalue weighted by Crippen LogP contribution is -2.39. The van der Waals surface area contributed by atoms with Crippen molar-refractivity contribution >= 4 is 28.5 Å². The van der Waals surface area contributed by atoms with Crippen molar-refractivity contribution in [2.75, 3.05) is 29.4 Å². The highest BCUT2D eigenvalue weighted by atomic mass is 19.1. The summed E-state index contributed by atoms with van der Waals surface area (Å²) in [5.74, 6) is -0.684. The summed E-state index contributed by atoms with van der Waals surface area (Å²) in [4.78, 5) is 31.5. The minimum absolute atomic E-state index is 0.227.